The van der Waals surface area contributed by atoms with E-state index in [1.165, 1.54) is 16.7 Å². The number of nitrogens with one attached hydrogen (secondary N) is 1. The van der Waals surface area contributed by atoms with Gasteiger partial charge in [-0.25, -0.2) is 4.98 Å². The van der Waals surface area contributed by atoms with E-state index in [0.717, 1.165) is 62.6 Å². The highest BCUT2D eigenvalue weighted by Crippen LogP contribution is 2.32. The number of rotatable bonds is 5. The molecule has 0 atom stereocenters. The van der Waals surface area contributed by atoms with Gasteiger partial charge in [0.1, 0.15) is 5.82 Å². The Morgan fingerprint density at radius 2 is 1.87 bits per heavy atom. The van der Waals surface area contributed by atoms with Gasteiger partial charge in [0.25, 0.3) is 0 Å². The fraction of sp³-hybridized carbons (Fsp3) is 0.458. The zero-order chi connectivity index (χ0) is 21.4. The molecule has 2 aliphatic rings. The number of anilines is 1. The van der Waals surface area contributed by atoms with E-state index < -0.39 is 0 Å². The van der Waals surface area contributed by atoms with Crippen LogP contribution in [0.25, 0.3) is 5.65 Å². The minimum absolute atomic E-state index is 0.0262. The largest absolute Gasteiger partial charge is 0.354 e. The molecule has 1 fully saturated rings. The molecule has 4 heterocycles. The third-order valence-electron chi connectivity index (χ3n) is 6.54. The molecule has 7 heteroatoms. The molecule has 1 aromatic carbocycles. The average Bonchev–Trinajstić information content (AvgIpc) is 3.09. The van der Waals surface area contributed by atoms with Gasteiger partial charge in [-0.05, 0) is 30.5 Å². The highest BCUT2D eigenvalue weighted by Gasteiger charge is 2.37. The molecule has 5 rings (SSSR count). The highest BCUT2D eigenvalue weighted by molar-refractivity contribution is 5.82. The van der Waals surface area contributed by atoms with Gasteiger partial charge in [0.2, 0.25) is 5.91 Å². The molecule has 3 aromatic rings. The second-order valence-corrected chi connectivity index (χ2v) is 8.68. The summed E-state index contributed by atoms with van der Waals surface area (Å²) in [5, 5.41) is 8.00. The molecule has 0 bridgehead atoms. The fourth-order valence-electron chi connectivity index (χ4n) is 4.69. The first kappa shape index (κ1) is 20.0. The summed E-state index contributed by atoms with van der Waals surface area (Å²) in [6.45, 7) is 6.17. The van der Waals surface area contributed by atoms with Crippen molar-refractivity contribution in [2.75, 3.05) is 38.1 Å². The number of hydrogen-bond acceptors (Lipinski definition) is 5. The summed E-state index contributed by atoms with van der Waals surface area (Å²) in [6, 6.07) is 10.5. The number of benzene rings is 1. The topological polar surface area (TPSA) is 65.8 Å². The standard InChI is InChI=1S/C24H30N6O/c1-3-17-4-6-18(7-5-17)14-28(2)24(31)19-15-29(16-19)23-20-8-11-25-12-9-21(20)27-22-10-13-26-30(22)23/h4-7,10,13,19,25H,3,8-9,11-12,14-16H2,1-2H3. The van der Waals surface area contributed by atoms with Crippen molar-refractivity contribution in [1.29, 1.82) is 0 Å². The molecule has 0 unspecified atom stereocenters. The van der Waals surface area contributed by atoms with Crippen LogP contribution >= 0.6 is 0 Å². The molecule has 7 nitrogen and oxygen atoms in total. The molecule has 31 heavy (non-hydrogen) atoms. The van der Waals surface area contributed by atoms with Gasteiger partial charge in [-0.3, -0.25) is 4.79 Å². The number of aryl methyl sites for hydroxylation is 1. The lowest BCUT2D eigenvalue weighted by Gasteiger charge is -2.42. The second kappa shape index (κ2) is 8.30. The van der Waals surface area contributed by atoms with E-state index in [0.29, 0.717) is 6.54 Å². The normalized spacial score (nSPS) is 16.6. The van der Waals surface area contributed by atoms with E-state index in [1.54, 1.807) is 0 Å². The predicted octanol–water partition coefficient (Wildman–Crippen LogP) is 2.07. The lowest BCUT2D eigenvalue weighted by molar-refractivity contribution is -0.135. The van der Waals surface area contributed by atoms with E-state index in [4.69, 9.17) is 4.98 Å². The molecule has 1 N–H and O–H groups in total. The maximum Gasteiger partial charge on any atom is 0.229 e. The number of amides is 1. The van der Waals surface area contributed by atoms with Crippen LogP contribution in [0.3, 0.4) is 0 Å². The average molecular weight is 419 g/mol. The minimum atomic E-state index is 0.0262. The van der Waals surface area contributed by atoms with Gasteiger partial charge in [-0.2, -0.15) is 9.61 Å². The van der Waals surface area contributed by atoms with Gasteiger partial charge in [-0.15, -0.1) is 0 Å². The van der Waals surface area contributed by atoms with Crippen LogP contribution in [0.4, 0.5) is 5.82 Å². The van der Waals surface area contributed by atoms with Gasteiger partial charge in [0.05, 0.1) is 17.8 Å². The number of fused-ring (bicyclic) bond motifs is 2. The Hall–Kier alpha value is -2.93. The van der Waals surface area contributed by atoms with Crippen LogP contribution < -0.4 is 10.2 Å². The number of nitrogens with zero attached hydrogens (tertiary/aromatic N) is 5. The molecule has 2 aliphatic heterocycles. The van der Waals surface area contributed by atoms with Gasteiger partial charge in [-0.1, -0.05) is 31.2 Å². The van der Waals surface area contributed by atoms with Crippen LogP contribution in [-0.2, 0) is 30.6 Å². The van der Waals surface area contributed by atoms with Crippen molar-refractivity contribution in [2.24, 2.45) is 5.92 Å². The Morgan fingerprint density at radius 1 is 1.13 bits per heavy atom. The van der Waals surface area contributed by atoms with Gasteiger partial charge < -0.3 is 15.1 Å². The van der Waals surface area contributed by atoms with Crippen LogP contribution in [0.2, 0.25) is 0 Å². The van der Waals surface area contributed by atoms with E-state index in [1.807, 2.05) is 28.7 Å². The van der Waals surface area contributed by atoms with Crippen molar-refractivity contribution in [3.8, 4) is 0 Å². The lowest BCUT2D eigenvalue weighted by Crippen LogP contribution is -2.54. The van der Waals surface area contributed by atoms with Crippen molar-refractivity contribution in [3.63, 3.8) is 0 Å². The van der Waals surface area contributed by atoms with Crippen LogP contribution in [0.5, 0.6) is 0 Å². The van der Waals surface area contributed by atoms with Gasteiger partial charge in [0, 0.05) is 51.3 Å². The molecule has 0 radical (unpaired) electrons. The van der Waals surface area contributed by atoms with E-state index in [-0.39, 0.29) is 11.8 Å². The molecular formula is C24H30N6O. The third kappa shape index (κ3) is 3.78. The number of carbonyl (C=O) groups excluding carboxylic acids is 1. The van der Waals surface area contributed by atoms with Crippen LogP contribution in [0, 0.1) is 5.92 Å². The summed E-state index contributed by atoms with van der Waals surface area (Å²) < 4.78 is 1.95. The quantitative estimate of drug-likeness (QED) is 0.687. The maximum absolute atomic E-state index is 13.0. The summed E-state index contributed by atoms with van der Waals surface area (Å²) in [7, 11) is 1.91. The summed E-state index contributed by atoms with van der Waals surface area (Å²) >= 11 is 0. The maximum atomic E-state index is 13.0. The summed E-state index contributed by atoms with van der Waals surface area (Å²) in [5.41, 5.74) is 5.82. The molecule has 1 amide bonds. The van der Waals surface area contributed by atoms with E-state index in [2.05, 4.69) is 46.5 Å². The van der Waals surface area contributed by atoms with E-state index in [9.17, 15) is 4.79 Å². The number of carbonyl (C=O) groups is 1. The van der Waals surface area contributed by atoms with Gasteiger partial charge in [0.15, 0.2) is 5.65 Å². The van der Waals surface area contributed by atoms with Gasteiger partial charge >= 0.3 is 0 Å². The smallest absolute Gasteiger partial charge is 0.229 e. The summed E-state index contributed by atoms with van der Waals surface area (Å²) in [4.78, 5) is 22.0. The number of hydrogen-bond donors (Lipinski definition) is 1. The Kier molecular flexibility index (Phi) is 5.36. The summed E-state index contributed by atoms with van der Waals surface area (Å²) in [6.07, 6.45) is 4.71. The Bertz CT molecular complexity index is 1080. The van der Waals surface area contributed by atoms with Crippen LogP contribution in [-0.4, -0.2) is 58.6 Å². The SMILES string of the molecule is CCc1ccc(CN(C)C(=O)C2CN(c3c4c(nc5ccnn35)CCNCC4)C2)cc1. The molecule has 2 aromatic heterocycles. The third-order valence-corrected chi connectivity index (χ3v) is 6.54. The Morgan fingerprint density at radius 3 is 2.65 bits per heavy atom. The second-order valence-electron chi connectivity index (χ2n) is 8.68. The Balaban J connectivity index is 1.30. The molecule has 0 spiro atoms. The first-order valence-electron chi connectivity index (χ1n) is 11.3. The van der Waals surface area contributed by atoms with E-state index >= 15 is 0 Å². The summed E-state index contributed by atoms with van der Waals surface area (Å²) in [5.74, 6) is 1.36. The zero-order valence-electron chi connectivity index (χ0n) is 18.3. The van der Waals surface area contributed by atoms with Crippen molar-refractivity contribution in [3.05, 3.63) is 58.9 Å². The minimum Gasteiger partial charge on any atom is -0.354 e. The molecule has 0 aliphatic carbocycles. The number of aromatic nitrogens is 3. The van der Waals surface area contributed by atoms with Crippen molar-refractivity contribution >= 4 is 17.4 Å². The van der Waals surface area contributed by atoms with Crippen molar-refractivity contribution in [1.82, 2.24) is 24.8 Å². The predicted molar refractivity (Wildman–Crippen MR) is 121 cm³/mol. The first-order valence-corrected chi connectivity index (χ1v) is 11.3. The molecule has 0 saturated carbocycles. The molecular weight excluding hydrogens is 388 g/mol. The lowest BCUT2D eigenvalue weighted by atomic mass is 9.96. The van der Waals surface area contributed by atoms with Crippen LogP contribution in [0.1, 0.15) is 29.3 Å². The van der Waals surface area contributed by atoms with Crippen LogP contribution in [0.15, 0.2) is 36.5 Å². The van der Waals surface area contributed by atoms with Crippen molar-refractivity contribution < 1.29 is 4.79 Å². The molecule has 1 saturated heterocycles. The Labute approximate surface area is 183 Å². The fourth-order valence-corrected chi connectivity index (χ4v) is 4.69. The zero-order valence-corrected chi connectivity index (χ0v) is 18.3. The first-order chi connectivity index (χ1) is 15.1. The highest BCUT2D eigenvalue weighted by atomic mass is 16.2. The van der Waals surface area contributed by atoms with Crippen molar-refractivity contribution in [2.45, 2.75) is 32.7 Å². The monoisotopic (exact) mass is 418 g/mol. The molecule has 162 valence electrons.